The molecule has 4 nitrogen and oxygen atoms in total. The predicted molar refractivity (Wildman–Crippen MR) is 74.8 cm³/mol. The van der Waals surface area contributed by atoms with Crippen LogP contribution in [0.3, 0.4) is 0 Å². The maximum atomic E-state index is 12.2. The van der Waals surface area contributed by atoms with E-state index in [0.717, 1.165) is 30.6 Å². The summed E-state index contributed by atoms with van der Waals surface area (Å²) in [5.74, 6) is -0.0362. The smallest absolute Gasteiger partial charge is 0.229 e. The molecule has 1 fully saturated rings. The van der Waals surface area contributed by atoms with Gasteiger partial charge in [-0.3, -0.25) is 9.59 Å². The van der Waals surface area contributed by atoms with Crippen molar-refractivity contribution in [2.24, 2.45) is 5.92 Å². The molecule has 0 bridgehead atoms. The van der Waals surface area contributed by atoms with Crippen molar-refractivity contribution < 1.29 is 9.59 Å². The van der Waals surface area contributed by atoms with Crippen molar-refractivity contribution in [2.45, 2.75) is 26.7 Å². The second-order valence-electron chi connectivity index (χ2n) is 5.11. The minimum atomic E-state index is -0.0998. The molecule has 1 atom stereocenters. The molecule has 2 amide bonds. The molecule has 102 valence electrons. The summed E-state index contributed by atoms with van der Waals surface area (Å²) in [5.41, 5.74) is 1.91. The SMILES string of the molecule is CC(=O)N1CCC[C@H](C(=O)Nc2ccccc2C)C1. The van der Waals surface area contributed by atoms with E-state index in [1.54, 1.807) is 11.8 Å². The summed E-state index contributed by atoms with van der Waals surface area (Å²) >= 11 is 0. The second kappa shape index (κ2) is 5.87. The Labute approximate surface area is 113 Å². The van der Waals surface area contributed by atoms with Crippen LogP contribution in [0, 0.1) is 12.8 Å². The third-order valence-electron chi connectivity index (χ3n) is 3.64. The van der Waals surface area contributed by atoms with Gasteiger partial charge in [0.25, 0.3) is 0 Å². The summed E-state index contributed by atoms with van der Waals surface area (Å²) in [7, 11) is 0. The van der Waals surface area contributed by atoms with Crippen molar-refractivity contribution in [1.29, 1.82) is 0 Å². The summed E-state index contributed by atoms with van der Waals surface area (Å²) < 4.78 is 0. The van der Waals surface area contributed by atoms with E-state index in [0.29, 0.717) is 6.54 Å². The Morgan fingerprint density at radius 3 is 2.74 bits per heavy atom. The van der Waals surface area contributed by atoms with Crippen molar-refractivity contribution in [3.8, 4) is 0 Å². The highest BCUT2D eigenvalue weighted by atomic mass is 16.2. The van der Waals surface area contributed by atoms with E-state index in [2.05, 4.69) is 5.32 Å². The van der Waals surface area contributed by atoms with Crippen LogP contribution < -0.4 is 5.32 Å². The van der Waals surface area contributed by atoms with E-state index in [1.807, 2.05) is 31.2 Å². The number of piperidine rings is 1. The van der Waals surface area contributed by atoms with Gasteiger partial charge in [-0.1, -0.05) is 18.2 Å². The number of carbonyl (C=O) groups is 2. The molecule has 1 heterocycles. The van der Waals surface area contributed by atoms with Crippen molar-refractivity contribution in [3.05, 3.63) is 29.8 Å². The van der Waals surface area contributed by atoms with Crippen LogP contribution in [-0.4, -0.2) is 29.8 Å². The van der Waals surface area contributed by atoms with Crippen LogP contribution in [0.4, 0.5) is 5.69 Å². The first kappa shape index (κ1) is 13.6. The lowest BCUT2D eigenvalue weighted by molar-refractivity contribution is -0.132. The molecule has 1 aliphatic rings. The molecule has 1 N–H and O–H groups in total. The highest BCUT2D eigenvalue weighted by Gasteiger charge is 2.27. The number of rotatable bonds is 2. The molecule has 0 spiro atoms. The van der Waals surface area contributed by atoms with Crippen LogP contribution in [0.1, 0.15) is 25.3 Å². The van der Waals surface area contributed by atoms with Gasteiger partial charge in [-0.15, -0.1) is 0 Å². The van der Waals surface area contributed by atoms with Gasteiger partial charge in [-0.25, -0.2) is 0 Å². The Balaban J connectivity index is 2.00. The number of benzene rings is 1. The molecule has 1 aliphatic heterocycles. The van der Waals surface area contributed by atoms with E-state index in [4.69, 9.17) is 0 Å². The number of nitrogens with one attached hydrogen (secondary N) is 1. The summed E-state index contributed by atoms with van der Waals surface area (Å²) in [6.07, 6.45) is 1.74. The predicted octanol–water partition coefficient (Wildman–Crippen LogP) is 2.19. The molecule has 0 aromatic heterocycles. The first-order valence-electron chi connectivity index (χ1n) is 6.70. The fraction of sp³-hybridized carbons (Fsp3) is 0.467. The summed E-state index contributed by atoms with van der Waals surface area (Å²) in [6.45, 7) is 4.83. The highest BCUT2D eigenvalue weighted by Crippen LogP contribution is 2.20. The van der Waals surface area contributed by atoms with E-state index in [1.165, 1.54) is 0 Å². The summed E-state index contributed by atoms with van der Waals surface area (Å²) in [4.78, 5) is 25.4. The van der Waals surface area contributed by atoms with Gasteiger partial charge >= 0.3 is 0 Å². The lowest BCUT2D eigenvalue weighted by atomic mass is 9.97. The average Bonchev–Trinajstić information content (AvgIpc) is 2.41. The number of carbonyl (C=O) groups excluding carboxylic acids is 2. The lowest BCUT2D eigenvalue weighted by Crippen LogP contribution is -2.42. The van der Waals surface area contributed by atoms with Gasteiger partial charge in [0.1, 0.15) is 0 Å². The maximum absolute atomic E-state index is 12.2. The monoisotopic (exact) mass is 260 g/mol. The van der Waals surface area contributed by atoms with E-state index in [9.17, 15) is 9.59 Å². The largest absolute Gasteiger partial charge is 0.342 e. The Morgan fingerprint density at radius 1 is 1.32 bits per heavy atom. The van der Waals surface area contributed by atoms with Crippen LogP contribution in [-0.2, 0) is 9.59 Å². The van der Waals surface area contributed by atoms with Gasteiger partial charge < -0.3 is 10.2 Å². The van der Waals surface area contributed by atoms with Gasteiger partial charge in [0.15, 0.2) is 0 Å². The van der Waals surface area contributed by atoms with Crippen LogP contribution in [0.5, 0.6) is 0 Å². The molecular weight excluding hydrogens is 240 g/mol. The van der Waals surface area contributed by atoms with Crippen molar-refractivity contribution in [1.82, 2.24) is 4.90 Å². The zero-order valence-electron chi connectivity index (χ0n) is 11.5. The second-order valence-corrected chi connectivity index (χ2v) is 5.11. The molecule has 0 unspecified atom stereocenters. The highest BCUT2D eigenvalue weighted by molar-refractivity contribution is 5.93. The first-order valence-corrected chi connectivity index (χ1v) is 6.70. The molecule has 0 saturated carbocycles. The molecule has 4 heteroatoms. The number of hydrogen-bond donors (Lipinski definition) is 1. The molecule has 19 heavy (non-hydrogen) atoms. The fourth-order valence-electron chi connectivity index (χ4n) is 2.43. The molecule has 0 aliphatic carbocycles. The summed E-state index contributed by atoms with van der Waals surface area (Å²) in [5, 5.41) is 2.96. The Morgan fingerprint density at radius 2 is 2.05 bits per heavy atom. The quantitative estimate of drug-likeness (QED) is 0.886. The van der Waals surface area contributed by atoms with Gasteiger partial charge in [0.05, 0.1) is 5.92 Å². The van der Waals surface area contributed by atoms with Gasteiger partial charge in [-0.2, -0.15) is 0 Å². The number of para-hydroxylation sites is 1. The van der Waals surface area contributed by atoms with Gasteiger partial charge in [0.2, 0.25) is 11.8 Å². The third-order valence-corrected chi connectivity index (χ3v) is 3.64. The van der Waals surface area contributed by atoms with Crippen LogP contribution in [0.15, 0.2) is 24.3 Å². The third kappa shape index (κ3) is 3.34. The standard InChI is InChI=1S/C15H20N2O2/c1-11-6-3-4-8-14(11)16-15(19)13-7-5-9-17(10-13)12(2)18/h3-4,6,8,13H,5,7,9-10H2,1-2H3,(H,16,19)/t13-/m0/s1. The average molecular weight is 260 g/mol. The molecule has 0 radical (unpaired) electrons. The van der Waals surface area contributed by atoms with Crippen molar-refractivity contribution in [2.75, 3.05) is 18.4 Å². The number of anilines is 1. The van der Waals surface area contributed by atoms with Crippen LogP contribution in [0.2, 0.25) is 0 Å². The molecule has 2 rings (SSSR count). The lowest BCUT2D eigenvalue weighted by Gasteiger charge is -2.31. The Kier molecular flexibility index (Phi) is 4.20. The Bertz CT molecular complexity index is 485. The van der Waals surface area contributed by atoms with Crippen molar-refractivity contribution in [3.63, 3.8) is 0 Å². The fourth-order valence-corrected chi connectivity index (χ4v) is 2.43. The molecular formula is C15H20N2O2. The van der Waals surface area contributed by atoms with E-state index in [-0.39, 0.29) is 17.7 Å². The zero-order valence-corrected chi connectivity index (χ0v) is 11.5. The van der Waals surface area contributed by atoms with Gasteiger partial charge in [-0.05, 0) is 31.4 Å². The molecule has 1 saturated heterocycles. The van der Waals surface area contributed by atoms with Crippen LogP contribution >= 0.6 is 0 Å². The number of likely N-dealkylation sites (tertiary alicyclic amines) is 1. The van der Waals surface area contributed by atoms with Gasteiger partial charge in [0, 0.05) is 25.7 Å². The minimum Gasteiger partial charge on any atom is -0.342 e. The number of aryl methyl sites for hydroxylation is 1. The maximum Gasteiger partial charge on any atom is 0.229 e. The summed E-state index contributed by atoms with van der Waals surface area (Å²) in [6, 6.07) is 7.73. The Hall–Kier alpha value is -1.84. The van der Waals surface area contributed by atoms with Crippen LogP contribution in [0.25, 0.3) is 0 Å². The van der Waals surface area contributed by atoms with Crippen molar-refractivity contribution >= 4 is 17.5 Å². The molecule has 1 aromatic rings. The zero-order chi connectivity index (χ0) is 13.8. The van der Waals surface area contributed by atoms with E-state index < -0.39 is 0 Å². The normalized spacial score (nSPS) is 19.1. The number of hydrogen-bond acceptors (Lipinski definition) is 2. The topological polar surface area (TPSA) is 49.4 Å². The number of nitrogens with zero attached hydrogens (tertiary/aromatic N) is 1. The minimum absolute atomic E-state index is 0.0141. The van der Waals surface area contributed by atoms with E-state index >= 15 is 0 Å². The molecule has 1 aromatic carbocycles. The number of amides is 2. The first-order chi connectivity index (χ1) is 9.08.